The van der Waals surface area contributed by atoms with E-state index >= 15 is 0 Å². The first-order valence-electron chi connectivity index (χ1n) is 13.7. The third-order valence-electron chi connectivity index (χ3n) is 6.25. The zero-order valence-corrected chi connectivity index (χ0v) is 25.3. The molecule has 0 saturated carbocycles. The van der Waals surface area contributed by atoms with Gasteiger partial charge >= 0.3 is 19.5 Å². The van der Waals surface area contributed by atoms with E-state index in [1.807, 2.05) is 0 Å². The molecule has 0 saturated heterocycles. The molecule has 0 rings (SSSR count). The van der Waals surface area contributed by atoms with Gasteiger partial charge in [0.15, 0.2) is 0 Å². The van der Waals surface area contributed by atoms with Crippen LogP contribution in [0.15, 0.2) is 0 Å². The van der Waals surface area contributed by atoms with Gasteiger partial charge in [-0.3, -0.25) is 0 Å². The van der Waals surface area contributed by atoms with Crippen LogP contribution in [-0.4, -0.2) is 6.61 Å². The molecule has 0 unspecified atom stereocenters. The number of unbranched alkanes of at least 4 members (excludes halogenated alkanes) is 23. The Morgan fingerprint density at radius 2 is 0.688 bits per heavy atom. The van der Waals surface area contributed by atoms with Crippen molar-refractivity contribution in [2.24, 2.45) is 0 Å². The maximum absolute atomic E-state index is 10.3. The molecule has 0 spiro atoms. The molecule has 0 aliphatic heterocycles. The Hall–Kier alpha value is 0.733. The molecule has 0 aliphatic rings. The summed E-state index contributed by atoms with van der Waals surface area (Å²) in [6.07, 6.45) is 32.1. The van der Waals surface area contributed by atoms with E-state index in [9.17, 15) is 14.4 Å². The standard InChI is InChI=1S/C26H55O4P.Zn/c1-2-3-4-5-6-7-8-9-10-11-12-13-14-15-16-17-18-19-20-21-22-23-24-25-26-30-31(27,28)29;/h2-26H2,1H3,(H2,27,28,29);/q;+2/p-2. The van der Waals surface area contributed by atoms with Crippen LogP contribution >= 0.6 is 7.82 Å². The summed E-state index contributed by atoms with van der Waals surface area (Å²) in [5.74, 6) is 0. The molecule has 0 aromatic heterocycles. The van der Waals surface area contributed by atoms with Gasteiger partial charge in [-0.15, -0.1) is 0 Å². The van der Waals surface area contributed by atoms with E-state index in [1.54, 1.807) is 0 Å². The van der Waals surface area contributed by atoms with Crippen molar-refractivity contribution in [2.75, 3.05) is 6.61 Å². The summed E-state index contributed by atoms with van der Waals surface area (Å²) in [5.41, 5.74) is 0. The predicted octanol–water partition coefficient (Wildman–Crippen LogP) is 8.21. The first kappa shape index (κ1) is 34.9. The molecule has 0 radical (unpaired) electrons. The van der Waals surface area contributed by atoms with Gasteiger partial charge in [0.1, 0.15) is 0 Å². The minimum absolute atomic E-state index is 0. The van der Waals surface area contributed by atoms with Crippen molar-refractivity contribution in [3.63, 3.8) is 0 Å². The maximum Gasteiger partial charge on any atom is 2.00 e. The Labute approximate surface area is 213 Å². The van der Waals surface area contributed by atoms with Crippen LogP contribution in [0.1, 0.15) is 161 Å². The molecule has 0 fully saturated rings. The second kappa shape index (κ2) is 28.0. The minimum atomic E-state index is -4.76. The molecule has 4 nitrogen and oxygen atoms in total. The van der Waals surface area contributed by atoms with Gasteiger partial charge in [-0.25, -0.2) is 0 Å². The number of phosphoric acid groups is 1. The van der Waals surface area contributed by atoms with Gasteiger partial charge in [0.2, 0.25) is 0 Å². The van der Waals surface area contributed by atoms with Crippen LogP contribution in [0.5, 0.6) is 0 Å². The third-order valence-corrected chi connectivity index (χ3v) is 6.75. The fraction of sp³-hybridized carbons (Fsp3) is 1.00. The zero-order chi connectivity index (χ0) is 22.9. The van der Waals surface area contributed by atoms with Gasteiger partial charge in [-0.1, -0.05) is 155 Å². The Morgan fingerprint density at radius 1 is 0.469 bits per heavy atom. The van der Waals surface area contributed by atoms with Crippen molar-refractivity contribution in [1.29, 1.82) is 0 Å². The fourth-order valence-electron chi connectivity index (χ4n) is 4.24. The van der Waals surface area contributed by atoms with Gasteiger partial charge < -0.3 is 18.9 Å². The van der Waals surface area contributed by atoms with E-state index in [1.165, 1.54) is 135 Å². The molecule has 188 valence electrons. The van der Waals surface area contributed by atoms with Gasteiger partial charge in [-0.2, -0.15) is 0 Å². The second-order valence-electron chi connectivity index (χ2n) is 9.41. The molecule has 0 aromatic rings. The van der Waals surface area contributed by atoms with Crippen LogP contribution in [0.3, 0.4) is 0 Å². The number of phosphoric ester groups is 1. The number of rotatable bonds is 26. The first-order chi connectivity index (χ1) is 15.1. The Morgan fingerprint density at radius 3 is 0.906 bits per heavy atom. The topological polar surface area (TPSA) is 72.4 Å². The largest absolute Gasteiger partial charge is 2.00 e. The summed E-state index contributed by atoms with van der Waals surface area (Å²) in [6.45, 7) is 2.33. The minimum Gasteiger partial charge on any atom is -0.790 e. The molecular formula is C26H53O4PZn. The Balaban J connectivity index is 0. The van der Waals surface area contributed by atoms with Crippen LogP contribution in [-0.2, 0) is 28.6 Å². The SMILES string of the molecule is CCCCCCCCCCCCCCCCCCCCCCCCCCOP(=O)([O-])[O-].[Zn+2]. The van der Waals surface area contributed by atoms with Crippen molar-refractivity contribution >= 4 is 7.82 Å². The quantitative estimate of drug-likeness (QED) is 0.0647. The van der Waals surface area contributed by atoms with E-state index in [4.69, 9.17) is 0 Å². The van der Waals surface area contributed by atoms with Gasteiger partial charge in [0.05, 0.1) is 14.4 Å². The summed E-state index contributed by atoms with van der Waals surface area (Å²) in [5, 5.41) is 0. The predicted molar refractivity (Wildman–Crippen MR) is 130 cm³/mol. The van der Waals surface area contributed by atoms with Crippen molar-refractivity contribution in [3.8, 4) is 0 Å². The van der Waals surface area contributed by atoms with Crippen molar-refractivity contribution < 1.29 is 38.4 Å². The molecule has 32 heavy (non-hydrogen) atoms. The Kier molecular flexibility index (Phi) is 30.5. The van der Waals surface area contributed by atoms with Crippen LogP contribution in [0, 0.1) is 0 Å². The molecule has 0 bridgehead atoms. The Bertz CT molecular complexity index is 390. The van der Waals surface area contributed by atoms with Crippen molar-refractivity contribution in [3.05, 3.63) is 0 Å². The smallest absolute Gasteiger partial charge is 0.790 e. The zero-order valence-electron chi connectivity index (χ0n) is 21.5. The number of hydrogen-bond donors (Lipinski definition) is 0. The van der Waals surface area contributed by atoms with Gasteiger partial charge in [0.25, 0.3) is 0 Å². The van der Waals surface area contributed by atoms with E-state index in [0.29, 0.717) is 6.42 Å². The molecule has 0 aliphatic carbocycles. The molecule has 6 heteroatoms. The summed E-state index contributed by atoms with van der Waals surface area (Å²) in [7, 11) is -4.76. The van der Waals surface area contributed by atoms with Crippen molar-refractivity contribution in [2.45, 2.75) is 161 Å². The van der Waals surface area contributed by atoms with Gasteiger partial charge in [0, 0.05) is 0 Å². The fourth-order valence-corrected chi connectivity index (χ4v) is 4.59. The van der Waals surface area contributed by atoms with E-state index in [0.717, 1.165) is 12.8 Å². The summed E-state index contributed by atoms with van der Waals surface area (Å²) in [4.78, 5) is 20.6. The average molecular weight is 526 g/mol. The van der Waals surface area contributed by atoms with Gasteiger partial charge in [-0.05, 0) is 6.42 Å². The molecule has 0 N–H and O–H groups in total. The summed E-state index contributed by atoms with van der Waals surface area (Å²) in [6, 6.07) is 0. The molecule has 0 aromatic carbocycles. The maximum atomic E-state index is 10.3. The first-order valence-corrected chi connectivity index (χ1v) is 15.2. The van der Waals surface area contributed by atoms with E-state index < -0.39 is 7.82 Å². The van der Waals surface area contributed by atoms with E-state index in [2.05, 4.69) is 11.4 Å². The van der Waals surface area contributed by atoms with E-state index in [-0.39, 0.29) is 26.1 Å². The van der Waals surface area contributed by atoms with Crippen LogP contribution in [0.4, 0.5) is 0 Å². The monoisotopic (exact) mass is 524 g/mol. The average Bonchev–Trinajstić information content (AvgIpc) is 2.73. The van der Waals surface area contributed by atoms with Crippen LogP contribution in [0.2, 0.25) is 0 Å². The molecule has 0 atom stereocenters. The van der Waals surface area contributed by atoms with Crippen LogP contribution in [0.25, 0.3) is 0 Å². The summed E-state index contributed by atoms with van der Waals surface area (Å²) < 4.78 is 14.5. The second-order valence-corrected chi connectivity index (χ2v) is 10.6. The van der Waals surface area contributed by atoms with Crippen LogP contribution < -0.4 is 9.79 Å². The molecule has 0 heterocycles. The normalized spacial score (nSPS) is 11.6. The van der Waals surface area contributed by atoms with Crippen molar-refractivity contribution in [1.82, 2.24) is 0 Å². The summed E-state index contributed by atoms with van der Waals surface area (Å²) >= 11 is 0. The molecular weight excluding hydrogens is 473 g/mol. The number of hydrogen-bond acceptors (Lipinski definition) is 4. The molecule has 0 amide bonds. The third kappa shape index (κ3) is 32.9.